The average Bonchev–Trinajstić information content (AvgIpc) is 3.90. The van der Waals surface area contributed by atoms with Crippen molar-refractivity contribution in [2.24, 2.45) is 11.8 Å². The zero-order valence-corrected chi connectivity index (χ0v) is 42.5. The van der Waals surface area contributed by atoms with Gasteiger partial charge in [-0.05, 0) is 0 Å². The van der Waals surface area contributed by atoms with Crippen molar-refractivity contribution in [3.8, 4) is 22.3 Å². The topological polar surface area (TPSA) is 0 Å². The van der Waals surface area contributed by atoms with Gasteiger partial charge in [-0.1, -0.05) is 0 Å². The Labute approximate surface area is 377 Å². The van der Waals surface area contributed by atoms with Crippen LogP contribution in [0.3, 0.4) is 0 Å². The van der Waals surface area contributed by atoms with Crippen molar-refractivity contribution in [3.63, 3.8) is 0 Å². The third-order valence-electron chi connectivity index (χ3n) is 14.2. The molecule has 0 saturated heterocycles. The van der Waals surface area contributed by atoms with Crippen LogP contribution in [0, 0.1) is 11.8 Å². The Morgan fingerprint density at radius 3 is 1.24 bits per heavy atom. The van der Waals surface area contributed by atoms with Crippen molar-refractivity contribution < 1.29 is 48.0 Å². The summed E-state index contributed by atoms with van der Waals surface area (Å²) < 4.78 is 1.33. The number of hydrogen-bond donors (Lipinski definition) is 0. The Bertz CT molecular complexity index is 2160. The van der Waals surface area contributed by atoms with E-state index in [0.717, 1.165) is 0 Å². The van der Waals surface area contributed by atoms with Gasteiger partial charge < -0.3 is 24.8 Å². The first-order chi connectivity index (χ1) is 26.4. The number of allylic oxidation sites excluding steroid dienone is 2. The van der Waals surface area contributed by atoms with Crippen molar-refractivity contribution in [2.75, 3.05) is 0 Å². The predicted molar refractivity (Wildman–Crippen MR) is 241 cm³/mol. The summed E-state index contributed by atoms with van der Waals surface area (Å²) in [5.74, 6) is 1.32. The first kappa shape index (κ1) is 44.1. The fourth-order valence-corrected chi connectivity index (χ4v) is 21.8. The second-order valence-electron chi connectivity index (χ2n) is 21.7. The molecule has 0 N–H and O–H groups in total. The molecule has 1 heterocycles. The maximum atomic E-state index is 2.83. The number of aryl methyl sites for hydroxylation is 2. The number of rotatable bonds is 6. The van der Waals surface area contributed by atoms with Gasteiger partial charge >= 0.3 is 355 Å². The predicted octanol–water partition coefficient (Wildman–Crippen LogP) is 8.89. The van der Waals surface area contributed by atoms with Crippen LogP contribution >= 0.6 is 0 Å². The maximum Gasteiger partial charge on any atom is -1.00 e. The van der Waals surface area contributed by atoms with E-state index in [0.29, 0.717) is 19.1 Å². The molecule has 2 unspecified atom stereocenters. The van der Waals surface area contributed by atoms with Gasteiger partial charge in [0.1, 0.15) is 0 Å². The van der Waals surface area contributed by atoms with Gasteiger partial charge in [-0.15, -0.1) is 0 Å². The molecule has 1 aliphatic heterocycles. The van der Waals surface area contributed by atoms with Crippen LogP contribution in [0.1, 0.15) is 158 Å². The maximum absolute atomic E-state index is 2.83. The zero-order chi connectivity index (χ0) is 39.6. The Morgan fingerprint density at radius 2 is 0.914 bits per heavy atom. The fraction of sp³-hybridized carbons (Fsp3) is 0.481. The van der Waals surface area contributed by atoms with Gasteiger partial charge in [0.15, 0.2) is 0 Å². The van der Waals surface area contributed by atoms with E-state index in [-0.39, 0.29) is 35.6 Å². The molecule has 2 atom stereocenters. The van der Waals surface area contributed by atoms with E-state index < -0.39 is 31.3 Å². The number of halogens is 2. The van der Waals surface area contributed by atoms with Gasteiger partial charge in [-0.3, -0.25) is 0 Å². The van der Waals surface area contributed by atoms with Gasteiger partial charge in [-0.2, -0.15) is 0 Å². The minimum Gasteiger partial charge on any atom is -1.00 e. The molecule has 4 heteroatoms. The number of fused-ring (bicyclic) bond motifs is 10. The summed E-state index contributed by atoms with van der Waals surface area (Å²) >= 11 is -1.07. The van der Waals surface area contributed by atoms with Crippen LogP contribution in [0.4, 0.5) is 0 Å². The third-order valence-corrected chi connectivity index (χ3v) is 22.8. The van der Waals surface area contributed by atoms with Crippen LogP contribution < -0.4 is 24.8 Å². The van der Waals surface area contributed by atoms with Crippen molar-refractivity contribution in [2.45, 2.75) is 152 Å². The summed E-state index contributed by atoms with van der Waals surface area (Å²) in [5.41, 5.74) is 26.9. The second kappa shape index (κ2) is 15.7. The van der Waals surface area contributed by atoms with E-state index in [1.54, 1.807) is 55.6 Å². The Morgan fingerprint density at radius 1 is 0.552 bits per heavy atom. The van der Waals surface area contributed by atoms with Gasteiger partial charge in [0.05, 0.1) is 0 Å². The molecule has 0 nitrogen and oxygen atoms in total. The van der Waals surface area contributed by atoms with Crippen LogP contribution in [0.15, 0.2) is 71.8 Å². The van der Waals surface area contributed by atoms with E-state index in [1.165, 1.54) is 73.6 Å². The van der Waals surface area contributed by atoms with Gasteiger partial charge in [0.2, 0.25) is 0 Å². The quantitative estimate of drug-likeness (QED) is 0.170. The van der Waals surface area contributed by atoms with E-state index in [9.17, 15) is 0 Å². The molecule has 304 valence electrons. The summed E-state index contributed by atoms with van der Waals surface area (Å²) in [4.78, 5) is 0. The standard InChI is InChI=1S/C54H66Si.2ClH.Zr/c1-33(2)27-41-31-39-29-37-15-13-17-45(37)47(35-19-23-43(24-20-35)53(5,6)7)49(39)51(41)55(11,12)52-42(28-34(3)4)32-40-30-38-16-14-18-46(38)48(50(40)52)36-21-25-44(26-22-36)54(8,9)10;;;/h19-26,29-34H,13-18,27-28H2,1-12H3;2*1H;/q;;;+2/p-2. The monoisotopic (exact) mass is 902 g/mol. The molecule has 5 aliphatic rings. The molecule has 0 radical (unpaired) electrons. The van der Waals surface area contributed by atoms with Crippen molar-refractivity contribution in [3.05, 3.63) is 127 Å². The van der Waals surface area contributed by atoms with Crippen molar-refractivity contribution in [1.82, 2.24) is 0 Å². The molecular weight excluding hydrogens is 839 g/mol. The molecule has 4 bridgehead atoms. The zero-order valence-electron chi connectivity index (χ0n) is 37.5. The van der Waals surface area contributed by atoms with E-state index in [1.807, 2.05) is 21.5 Å². The molecule has 0 aromatic heterocycles. The van der Waals surface area contributed by atoms with E-state index in [2.05, 4.69) is 143 Å². The summed E-state index contributed by atoms with van der Waals surface area (Å²) in [6.07, 6.45) is 10.1. The molecule has 0 fully saturated rings. The first-order valence-electron chi connectivity index (χ1n) is 22.3. The molecular formula is C54H66Cl2SiZr. The number of hydrogen-bond acceptors (Lipinski definition) is 0. The molecule has 0 amide bonds. The third kappa shape index (κ3) is 7.13. The molecule has 58 heavy (non-hydrogen) atoms. The Kier molecular flexibility index (Phi) is 12.0. The van der Waals surface area contributed by atoms with E-state index >= 15 is 0 Å². The second-order valence-corrected chi connectivity index (χ2v) is 29.6. The average molecular weight is 905 g/mol. The minimum atomic E-state index is -2.30. The minimum absolute atomic E-state index is 0. The molecule has 4 aromatic rings. The van der Waals surface area contributed by atoms with Gasteiger partial charge in [0.25, 0.3) is 0 Å². The normalized spacial score (nSPS) is 19.8. The molecule has 0 spiro atoms. The smallest absolute Gasteiger partial charge is 1.00 e. The molecule has 9 rings (SSSR count). The molecule has 4 aromatic carbocycles. The summed E-state index contributed by atoms with van der Waals surface area (Å²) in [5, 5.41) is 3.74. The van der Waals surface area contributed by atoms with Crippen molar-refractivity contribution >= 4 is 18.5 Å². The van der Waals surface area contributed by atoms with Gasteiger partial charge in [0, 0.05) is 0 Å². The Balaban J connectivity index is 0.00000256. The number of benzene rings is 4. The molecule has 0 saturated carbocycles. The molecule has 4 aliphatic carbocycles. The Hall–Kier alpha value is -1.96. The summed E-state index contributed by atoms with van der Waals surface area (Å²) in [7, 11) is -2.30. The van der Waals surface area contributed by atoms with E-state index in [4.69, 9.17) is 0 Å². The van der Waals surface area contributed by atoms with Crippen LogP contribution in [-0.2, 0) is 59.7 Å². The van der Waals surface area contributed by atoms with Crippen LogP contribution in [-0.4, -0.2) is 8.07 Å². The first-order valence-corrected chi connectivity index (χ1v) is 28.1. The van der Waals surface area contributed by atoms with Crippen LogP contribution in [0.5, 0.6) is 0 Å². The van der Waals surface area contributed by atoms with Gasteiger partial charge in [-0.25, -0.2) is 0 Å². The largest absolute Gasteiger partial charge is 1.00 e. The van der Waals surface area contributed by atoms with Crippen LogP contribution in [0.25, 0.3) is 32.6 Å². The van der Waals surface area contributed by atoms with Crippen LogP contribution in [0.2, 0.25) is 13.1 Å². The van der Waals surface area contributed by atoms with Crippen molar-refractivity contribution in [1.29, 1.82) is 0 Å². The SMILES string of the molecule is CC(C)CC1=C2c3c(cc4c(c3-c3ccc(C(C)(C)C)cc3)CCC4)[CH]1[Zr+2][CH]1C(CC(C)C)=C(c3c1cc1c(c3-c3ccc(C(C)(C)C)cc3)CCC1)[Si]2(C)C.[Cl-].[Cl-]. The summed E-state index contributed by atoms with van der Waals surface area (Å²) in [6.45, 7) is 29.8. The summed E-state index contributed by atoms with van der Waals surface area (Å²) in [6, 6.07) is 25.5. The fourth-order valence-electron chi connectivity index (χ4n) is 11.8.